The zero-order chi connectivity index (χ0) is 20.4. The Morgan fingerprint density at radius 3 is 2.24 bits per heavy atom. The van der Waals surface area contributed by atoms with Gasteiger partial charge < -0.3 is 15.3 Å². The number of hydrogen-bond donors (Lipinski definition) is 2. The molecule has 0 spiro atoms. The van der Waals surface area contributed by atoms with Crippen molar-refractivity contribution in [2.45, 2.75) is 44.2 Å². The molecule has 2 amide bonds. The minimum absolute atomic E-state index is 0.0182. The monoisotopic (exact) mass is 392 g/mol. The predicted molar refractivity (Wildman–Crippen MR) is 112 cm³/mol. The van der Waals surface area contributed by atoms with E-state index in [0.717, 1.165) is 29.5 Å². The Morgan fingerprint density at radius 2 is 1.66 bits per heavy atom. The maximum absolute atomic E-state index is 12.8. The number of likely N-dealkylation sites (tertiary alicyclic amines) is 1. The molecule has 5 nitrogen and oxygen atoms in total. The molecule has 2 aliphatic rings. The lowest BCUT2D eigenvalue weighted by Crippen LogP contribution is -2.68. The third-order valence-corrected chi connectivity index (χ3v) is 6.14. The van der Waals surface area contributed by atoms with E-state index in [1.807, 2.05) is 30.0 Å². The fraction of sp³-hybridized carbons (Fsp3) is 0.417. The summed E-state index contributed by atoms with van der Waals surface area (Å²) in [6, 6.07) is 18.2. The molecule has 1 saturated carbocycles. The van der Waals surface area contributed by atoms with E-state index >= 15 is 0 Å². The van der Waals surface area contributed by atoms with Crippen LogP contribution in [0.1, 0.15) is 37.7 Å². The molecular formula is C24H28N2O3. The largest absolute Gasteiger partial charge is 0.394 e. The first-order chi connectivity index (χ1) is 14.1. The number of amides is 2. The zero-order valence-electron chi connectivity index (χ0n) is 16.8. The summed E-state index contributed by atoms with van der Waals surface area (Å²) in [4.78, 5) is 26.4. The Hall–Kier alpha value is -2.66. The molecule has 0 bridgehead atoms. The number of nitrogens with zero attached hydrogens (tertiary/aromatic N) is 1. The van der Waals surface area contributed by atoms with Crippen LogP contribution in [-0.4, -0.2) is 47.1 Å². The van der Waals surface area contributed by atoms with E-state index in [1.165, 1.54) is 0 Å². The lowest BCUT2D eigenvalue weighted by molar-refractivity contribution is -0.152. The summed E-state index contributed by atoms with van der Waals surface area (Å²) < 4.78 is 0. The SMILES string of the molecule is CCC(=O)NC[C@@H]1[C@@H](c2ccc(-c3ccccc3)cc2)[C@@H](CO)N1C(=O)C1CC1. The Labute approximate surface area is 171 Å². The van der Waals surface area contributed by atoms with Gasteiger partial charge in [-0.05, 0) is 29.5 Å². The van der Waals surface area contributed by atoms with Crippen molar-refractivity contribution in [3.05, 3.63) is 60.2 Å². The Morgan fingerprint density at radius 1 is 1.00 bits per heavy atom. The fourth-order valence-electron chi connectivity index (χ4n) is 4.36. The van der Waals surface area contributed by atoms with Crippen LogP contribution in [0.3, 0.4) is 0 Å². The van der Waals surface area contributed by atoms with Crippen LogP contribution in [0, 0.1) is 5.92 Å². The molecule has 0 radical (unpaired) electrons. The summed E-state index contributed by atoms with van der Waals surface area (Å²) in [5, 5.41) is 13.0. The van der Waals surface area contributed by atoms with Crippen molar-refractivity contribution < 1.29 is 14.7 Å². The average Bonchev–Trinajstić information content (AvgIpc) is 3.59. The van der Waals surface area contributed by atoms with Crippen LogP contribution in [0.25, 0.3) is 11.1 Å². The smallest absolute Gasteiger partial charge is 0.226 e. The topological polar surface area (TPSA) is 69.6 Å². The van der Waals surface area contributed by atoms with Crippen LogP contribution in [0.15, 0.2) is 54.6 Å². The minimum atomic E-state index is -0.228. The molecule has 2 aromatic carbocycles. The molecule has 2 aromatic rings. The molecule has 1 heterocycles. The molecule has 0 aromatic heterocycles. The Bertz CT molecular complexity index is 861. The van der Waals surface area contributed by atoms with E-state index in [4.69, 9.17) is 0 Å². The number of rotatable bonds is 7. The van der Waals surface area contributed by atoms with Crippen molar-refractivity contribution in [1.29, 1.82) is 0 Å². The summed E-state index contributed by atoms with van der Waals surface area (Å²) in [5.74, 6) is 0.214. The van der Waals surface area contributed by atoms with Crippen LogP contribution in [0.4, 0.5) is 0 Å². The summed E-state index contributed by atoms with van der Waals surface area (Å²) in [7, 11) is 0. The van der Waals surface area contributed by atoms with Gasteiger partial charge in [-0.2, -0.15) is 0 Å². The average molecular weight is 392 g/mol. The van der Waals surface area contributed by atoms with Crippen LogP contribution in [0.5, 0.6) is 0 Å². The molecule has 1 aliphatic heterocycles. The van der Waals surface area contributed by atoms with Gasteiger partial charge in [0.2, 0.25) is 11.8 Å². The molecule has 152 valence electrons. The lowest BCUT2D eigenvalue weighted by atomic mass is 9.74. The van der Waals surface area contributed by atoms with Crippen LogP contribution < -0.4 is 5.32 Å². The molecule has 1 saturated heterocycles. The number of carbonyl (C=O) groups is 2. The van der Waals surface area contributed by atoms with Crippen molar-refractivity contribution in [2.75, 3.05) is 13.2 Å². The van der Waals surface area contributed by atoms with E-state index < -0.39 is 0 Å². The van der Waals surface area contributed by atoms with E-state index in [1.54, 1.807) is 0 Å². The van der Waals surface area contributed by atoms with Crippen LogP contribution >= 0.6 is 0 Å². The Balaban J connectivity index is 1.57. The highest BCUT2D eigenvalue weighted by molar-refractivity contribution is 5.83. The second-order valence-corrected chi connectivity index (χ2v) is 8.01. The van der Waals surface area contributed by atoms with Gasteiger partial charge in [0.1, 0.15) is 0 Å². The first-order valence-corrected chi connectivity index (χ1v) is 10.5. The molecule has 4 rings (SSSR count). The van der Waals surface area contributed by atoms with Gasteiger partial charge in [-0.1, -0.05) is 61.5 Å². The molecule has 2 fully saturated rings. The molecular weight excluding hydrogens is 364 g/mol. The van der Waals surface area contributed by atoms with Gasteiger partial charge in [0.05, 0.1) is 18.7 Å². The third kappa shape index (κ3) is 3.92. The van der Waals surface area contributed by atoms with E-state index in [0.29, 0.717) is 13.0 Å². The molecule has 1 aliphatic carbocycles. The highest BCUT2D eigenvalue weighted by atomic mass is 16.3. The van der Waals surface area contributed by atoms with Gasteiger partial charge in [0.25, 0.3) is 0 Å². The van der Waals surface area contributed by atoms with E-state index in [-0.39, 0.29) is 42.3 Å². The molecule has 5 heteroatoms. The van der Waals surface area contributed by atoms with Gasteiger partial charge in [-0.25, -0.2) is 0 Å². The van der Waals surface area contributed by atoms with Crippen molar-refractivity contribution in [3.63, 3.8) is 0 Å². The number of hydrogen-bond acceptors (Lipinski definition) is 3. The normalized spacial score (nSPS) is 23.4. The Kier molecular flexibility index (Phi) is 5.67. The highest BCUT2D eigenvalue weighted by Crippen LogP contribution is 2.44. The second-order valence-electron chi connectivity index (χ2n) is 8.01. The van der Waals surface area contributed by atoms with Gasteiger partial charge in [-0.15, -0.1) is 0 Å². The zero-order valence-corrected chi connectivity index (χ0v) is 16.8. The quantitative estimate of drug-likeness (QED) is 0.761. The van der Waals surface area contributed by atoms with Gasteiger partial charge in [0, 0.05) is 24.8 Å². The molecule has 0 unspecified atom stereocenters. The molecule has 29 heavy (non-hydrogen) atoms. The summed E-state index contributed by atoms with van der Waals surface area (Å²) >= 11 is 0. The molecule has 3 atom stereocenters. The summed E-state index contributed by atoms with van der Waals surface area (Å²) in [6.45, 7) is 2.17. The second kappa shape index (κ2) is 8.37. The van der Waals surface area contributed by atoms with Crippen molar-refractivity contribution in [3.8, 4) is 11.1 Å². The summed E-state index contributed by atoms with van der Waals surface area (Å²) in [6.07, 6.45) is 2.28. The first-order valence-electron chi connectivity index (χ1n) is 10.5. The van der Waals surface area contributed by atoms with E-state index in [9.17, 15) is 14.7 Å². The number of nitrogens with one attached hydrogen (secondary N) is 1. The number of benzene rings is 2. The summed E-state index contributed by atoms with van der Waals surface area (Å²) in [5.41, 5.74) is 3.39. The predicted octanol–water partition coefficient (Wildman–Crippen LogP) is 2.95. The number of aliphatic hydroxyl groups is 1. The van der Waals surface area contributed by atoms with Crippen LogP contribution in [0.2, 0.25) is 0 Å². The maximum atomic E-state index is 12.8. The number of aliphatic hydroxyl groups excluding tert-OH is 1. The van der Waals surface area contributed by atoms with Crippen molar-refractivity contribution >= 4 is 11.8 Å². The van der Waals surface area contributed by atoms with Gasteiger partial charge in [-0.3, -0.25) is 9.59 Å². The van der Waals surface area contributed by atoms with Crippen LogP contribution in [-0.2, 0) is 9.59 Å². The molecule has 2 N–H and O–H groups in total. The fourth-order valence-corrected chi connectivity index (χ4v) is 4.36. The maximum Gasteiger partial charge on any atom is 0.226 e. The number of carbonyl (C=O) groups excluding carboxylic acids is 2. The standard InChI is InChI=1S/C24H28N2O3/c1-2-22(28)25-14-20-23(21(15-27)26(20)24(29)19-12-13-19)18-10-8-17(9-11-18)16-6-4-3-5-7-16/h3-11,19-21,23,27H,2,12-15H2,1H3,(H,25,28)/t20-,21-,23-/m1/s1. The van der Waals surface area contributed by atoms with Crippen molar-refractivity contribution in [2.24, 2.45) is 5.92 Å². The van der Waals surface area contributed by atoms with E-state index in [2.05, 4.69) is 41.7 Å². The highest BCUT2D eigenvalue weighted by Gasteiger charge is 2.53. The van der Waals surface area contributed by atoms with Gasteiger partial charge >= 0.3 is 0 Å². The van der Waals surface area contributed by atoms with Crippen molar-refractivity contribution in [1.82, 2.24) is 10.2 Å². The lowest BCUT2D eigenvalue weighted by Gasteiger charge is -2.55. The first kappa shape index (κ1) is 19.6. The minimum Gasteiger partial charge on any atom is -0.394 e. The van der Waals surface area contributed by atoms with Gasteiger partial charge in [0.15, 0.2) is 0 Å². The third-order valence-electron chi connectivity index (χ3n) is 6.14.